The summed E-state index contributed by atoms with van der Waals surface area (Å²) in [5.74, 6) is 0.741. The minimum Gasteiger partial charge on any atom is -0.489 e. The van der Waals surface area contributed by atoms with E-state index in [4.69, 9.17) is 4.74 Å². The Morgan fingerprint density at radius 3 is 2.79 bits per heavy atom. The lowest BCUT2D eigenvalue weighted by Crippen LogP contribution is -2.29. The Labute approximate surface area is 141 Å². The van der Waals surface area contributed by atoms with Gasteiger partial charge in [0, 0.05) is 11.6 Å². The lowest BCUT2D eigenvalue weighted by molar-refractivity contribution is -0.120. The zero-order valence-corrected chi connectivity index (χ0v) is 13.7. The highest BCUT2D eigenvalue weighted by Crippen LogP contribution is 2.22. The average Bonchev–Trinajstić information content (AvgIpc) is 2.61. The highest BCUT2D eigenvalue weighted by molar-refractivity contribution is 5.84. The molecule has 0 saturated heterocycles. The van der Waals surface area contributed by atoms with Crippen LogP contribution in [0.5, 0.6) is 5.75 Å². The molecule has 1 amide bonds. The number of aryl methyl sites for hydroxylation is 1. The van der Waals surface area contributed by atoms with Gasteiger partial charge >= 0.3 is 0 Å². The fourth-order valence-electron chi connectivity index (χ4n) is 2.59. The molecule has 4 heteroatoms. The normalized spacial score (nSPS) is 10.5. The van der Waals surface area contributed by atoms with Gasteiger partial charge in [-0.05, 0) is 30.2 Å². The second-order valence-corrected chi connectivity index (χ2v) is 5.63. The highest BCUT2D eigenvalue weighted by Gasteiger charge is 2.06. The zero-order valence-electron chi connectivity index (χ0n) is 13.7. The van der Waals surface area contributed by atoms with Crippen LogP contribution in [0.2, 0.25) is 0 Å². The molecule has 1 N–H and O–H groups in total. The molecule has 122 valence electrons. The number of pyridine rings is 1. The summed E-state index contributed by atoms with van der Waals surface area (Å²) in [7, 11) is 0. The van der Waals surface area contributed by atoms with Crippen LogP contribution in [0.3, 0.4) is 0 Å². The SMILES string of the molecule is Cc1ccccc1CC(=O)NCCOc1cccc2cccnc12. The van der Waals surface area contributed by atoms with E-state index in [0.29, 0.717) is 19.6 Å². The summed E-state index contributed by atoms with van der Waals surface area (Å²) in [6.07, 6.45) is 2.14. The van der Waals surface area contributed by atoms with Crippen molar-refractivity contribution in [2.24, 2.45) is 0 Å². The minimum absolute atomic E-state index is 0.00365. The van der Waals surface area contributed by atoms with Crippen molar-refractivity contribution in [3.63, 3.8) is 0 Å². The summed E-state index contributed by atoms with van der Waals surface area (Å²) < 4.78 is 5.77. The second-order valence-electron chi connectivity index (χ2n) is 5.63. The van der Waals surface area contributed by atoms with Crippen molar-refractivity contribution < 1.29 is 9.53 Å². The third kappa shape index (κ3) is 3.90. The largest absolute Gasteiger partial charge is 0.489 e. The summed E-state index contributed by atoms with van der Waals surface area (Å²) in [5.41, 5.74) is 3.02. The van der Waals surface area contributed by atoms with Crippen molar-refractivity contribution in [2.75, 3.05) is 13.2 Å². The summed E-state index contributed by atoms with van der Waals surface area (Å²) in [6.45, 7) is 2.89. The van der Waals surface area contributed by atoms with Crippen LogP contribution in [-0.4, -0.2) is 24.0 Å². The van der Waals surface area contributed by atoms with Gasteiger partial charge in [0.15, 0.2) is 0 Å². The number of hydrogen-bond donors (Lipinski definition) is 1. The standard InChI is InChI=1S/C20H20N2O2/c1-15-6-2-3-7-17(15)14-19(23)21-12-13-24-18-10-4-8-16-9-5-11-22-20(16)18/h2-11H,12-14H2,1H3,(H,21,23). The first kappa shape index (κ1) is 16.0. The predicted octanol–water partition coefficient (Wildman–Crippen LogP) is 3.28. The van der Waals surface area contributed by atoms with Crippen molar-refractivity contribution in [3.8, 4) is 5.75 Å². The maximum Gasteiger partial charge on any atom is 0.224 e. The molecule has 0 aliphatic rings. The number of carbonyl (C=O) groups is 1. The van der Waals surface area contributed by atoms with E-state index in [1.807, 2.05) is 61.5 Å². The Bertz CT molecular complexity index is 840. The predicted molar refractivity (Wildman–Crippen MR) is 95.1 cm³/mol. The summed E-state index contributed by atoms with van der Waals surface area (Å²) in [5, 5.41) is 3.93. The van der Waals surface area contributed by atoms with Crippen molar-refractivity contribution in [3.05, 3.63) is 71.9 Å². The number of nitrogens with one attached hydrogen (secondary N) is 1. The monoisotopic (exact) mass is 320 g/mol. The van der Waals surface area contributed by atoms with Gasteiger partial charge in [-0.25, -0.2) is 0 Å². The van der Waals surface area contributed by atoms with E-state index in [2.05, 4.69) is 10.3 Å². The molecule has 4 nitrogen and oxygen atoms in total. The number of rotatable bonds is 6. The lowest BCUT2D eigenvalue weighted by Gasteiger charge is -2.10. The maximum absolute atomic E-state index is 12.0. The van der Waals surface area contributed by atoms with Crippen LogP contribution >= 0.6 is 0 Å². The van der Waals surface area contributed by atoms with Gasteiger partial charge < -0.3 is 10.1 Å². The van der Waals surface area contributed by atoms with Crippen LogP contribution in [0.4, 0.5) is 0 Å². The maximum atomic E-state index is 12.0. The number of carbonyl (C=O) groups excluding carboxylic acids is 1. The Kier molecular flexibility index (Phi) is 5.06. The number of fused-ring (bicyclic) bond motifs is 1. The topological polar surface area (TPSA) is 51.2 Å². The first-order chi connectivity index (χ1) is 11.7. The van der Waals surface area contributed by atoms with Crippen molar-refractivity contribution in [1.82, 2.24) is 10.3 Å². The van der Waals surface area contributed by atoms with Crippen LogP contribution in [0.15, 0.2) is 60.8 Å². The molecule has 0 aliphatic carbocycles. The quantitative estimate of drug-likeness (QED) is 0.709. The second kappa shape index (κ2) is 7.59. The molecule has 0 unspecified atom stereocenters. The first-order valence-corrected chi connectivity index (χ1v) is 8.02. The number of hydrogen-bond acceptors (Lipinski definition) is 3. The molecule has 0 atom stereocenters. The number of benzene rings is 2. The number of para-hydroxylation sites is 1. The Morgan fingerprint density at radius 2 is 1.92 bits per heavy atom. The molecule has 2 aromatic carbocycles. The van der Waals surface area contributed by atoms with Gasteiger partial charge in [-0.1, -0.05) is 42.5 Å². The van der Waals surface area contributed by atoms with Crippen LogP contribution in [0.25, 0.3) is 10.9 Å². The Morgan fingerprint density at radius 1 is 1.08 bits per heavy atom. The lowest BCUT2D eigenvalue weighted by atomic mass is 10.1. The fourth-order valence-corrected chi connectivity index (χ4v) is 2.59. The van der Waals surface area contributed by atoms with Gasteiger partial charge in [0.2, 0.25) is 5.91 Å². The molecule has 0 saturated carbocycles. The Balaban J connectivity index is 1.50. The molecule has 0 aliphatic heterocycles. The van der Waals surface area contributed by atoms with Crippen molar-refractivity contribution >= 4 is 16.8 Å². The van der Waals surface area contributed by atoms with Crippen LogP contribution in [0.1, 0.15) is 11.1 Å². The molecular formula is C20H20N2O2. The van der Waals surface area contributed by atoms with E-state index in [9.17, 15) is 4.79 Å². The van der Waals surface area contributed by atoms with E-state index < -0.39 is 0 Å². The van der Waals surface area contributed by atoms with Crippen LogP contribution < -0.4 is 10.1 Å². The minimum atomic E-state index is 0.00365. The third-order valence-corrected chi connectivity index (χ3v) is 3.89. The number of amides is 1. The van der Waals surface area contributed by atoms with E-state index in [1.165, 1.54) is 0 Å². The summed E-state index contributed by atoms with van der Waals surface area (Å²) in [6, 6.07) is 17.7. The van der Waals surface area contributed by atoms with Gasteiger partial charge in [0.05, 0.1) is 13.0 Å². The first-order valence-electron chi connectivity index (χ1n) is 8.02. The van der Waals surface area contributed by atoms with E-state index in [0.717, 1.165) is 27.8 Å². The van der Waals surface area contributed by atoms with E-state index in [-0.39, 0.29) is 5.91 Å². The molecule has 1 heterocycles. The molecule has 24 heavy (non-hydrogen) atoms. The van der Waals surface area contributed by atoms with Gasteiger partial charge in [-0.15, -0.1) is 0 Å². The molecule has 3 aromatic rings. The molecular weight excluding hydrogens is 300 g/mol. The molecule has 0 bridgehead atoms. The van der Waals surface area contributed by atoms with Gasteiger partial charge in [0.1, 0.15) is 17.9 Å². The third-order valence-electron chi connectivity index (χ3n) is 3.89. The van der Waals surface area contributed by atoms with E-state index >= 15 is 0 Å². The number of ether oxygens (including phenoxy) is 1. The molecule has 0 radical (unpaired) electrons. The molecule has 1 aromatic heterocycles. The van der Waals surface area contributed by atoms with Crippen LogP contribution in [0, 0.1) is 6.92 Å². The summed E-state index contributed by atoms with van der Waals surface area (Å²) in [4.78, 5) is 16.4. The Hall–Kier alpha value is -2.88. The fraction of sp³-hybridized carbons (Fsp3) is 0.200. The van der Waals surface area contributed by atoms with Crippen molar-refractivity contribution in [2.45, 2.75) is 13.3 Å². The smallest absolute Gasteiger partial charge is 0.224 e. The van der Waals surface area contributed by atoms with E-state index in [1.54, 1.807) is 6.20 Å². The van der Waals surface area contributed by atoms with Crippen LogP contribution in [-0.2, 0) is 11.2 Å². The average molecular weight is 320 g/mol. The zero-order chi connectivity index (χ0) is 16.8. The molecule has 3 rings (SSSR count). The number of nitrogens with zero attached hydrogens (tertiary/aromatic N) is 1. The van der Waals surface area contributed by atoms with Gasteiger partial charge in [0.25, 0.3) is 0 Å². The summed E-state index contributed by atoms with van der Waals surface area (Å²) >= 11 is 0. The van der Waals surface area contributed by atoms with Crippen molar-refractivity contribution in [1.29, 1.82) is 0 Å². The van der Waals surface area contributed by atoms with Gasteiger partial charge in [-0.2, -0.15) is 0 Å². The molecule has 0 fully saturated rings. The molecule has 0 spiro atoms. The van der Waals surface area contributed by atoms with Gasteiger partial charge in [-0.3, -0.25) is 9.78 Å². The number of aromatic nitrogens is 1. The highest BCUT2D eigenvalue weighted by atomic mass is 16.5.